The smallest absolute Gasteiger partial charge is 0.414 e. The molecule has 1 atom stereocenters. The minimum Gasteiger partial charge on any atom is -0.481 e. The minimum atomic E-state index is -1.06. The molecule has 1 saturated heterocycles. The summed E-state index contributed by atoms with van der Waals surface area (Å²) in [6.07, 6.45) is 1.28. The molecule has 1 aromatic carbocycles. The SMILES string of the molecule is COc1ccc2nccc(CCCN(CC3CN(c4ccc5c(c4)NC(=O)CS5)C(=O)O3)C(=O)CCC(=O)O)c2n1. The summed E-state index contributed by atoms with van der Waals surface area (Å²) in [7, 11) is 1.55. The number of carbonyl (C=O) groups excluding carboxylic acids is 3. The zero-order valence-corrected chi connectivity index (χ0v) is 23.2. The number of thioether (sulfide) groups is 1. The van der Waals surface area contributed by atoms with Gasteiger partial charge in [-0.3, -0.25) is 24.3 Å². The maximum Gasteiger partial charge on any atom is 0.414 e. The summed E-state index contributed by atoms with van der Waals surface area (Å²) in [4.78, 5) is 61.5. The number of ether oxygens (including phenoxy) is 2. The van der Waals surface area contributed by atoms with E-state index in [2.05, 4.69) is 15.3 Å². The number of aliphatic carboxylic acids is 1. The van der Waals surface area contributed by atoms with Crippen molar-refractivity contribution in [2.24, 2.45) is 0 Å². The van der Waals surface area contributed by atoms with Crippen molar-refractivity contribution in [1.82, 2.24) is 14.9 Å². The highest BCUT2D eigenvalue weighted by Crippen LogP contribution is 2.35. The largest absolute Gasteiger partial charge is 0.481 e. The Morgan fingerprint density at radius 2 is 2.07 bits per heavy atom. The first-order valence-electron chi connectivity index (χ1n) is 13.1. The fourth-order valence-electron chi connectivity index (χ4n) is 4.84. The number of anilines is 2. The fourth-order valence-corrected chi connectivity index (χ4v) is 5.63. The molecular formula is C28H29N5O7S. The van der Waals surface area contributed by atoms with E-state index in [1.54, 1.807) is 36.4 Å². The molecule has 1 fully saturated rings. The fraction of sp³-hybridized carbons (Fsp3) is 0.357. The molecule has 3 amide bonds. The standard InChI is InChI=1S/C28H29N5O7S/c1-39-24-7-5-20-27(31-24)17(10-11-29-20)3-2-12-32(25(35)8-9-26(36)37)14-19-15-33(28(38)40-19)18-4-6-22-21(13-18)30-23(34)16-41-22/h4-7,10-11,13,19H,2-3,8-9,12,14-16H2,1H3,(H,30,34)(H,36,37). The van der Waals surface area contributed by atoms with E-state index >= 15 is 0 Å². The second-order valence-corrected chi connectivity index (χ2v) is 10.7. The number of nitrogens with one attached hydrogen (secondary N) is 1. The summed E-state index contributed by atoms with van der Waals surface area (Å²) in [5, 5.41) is 11.9. The number of nitrogens with zero attached hydrogens (tertiary/aromatic N) is 4. The summed E-state index contributed by atoms with van der Waals surface area (Å²) in [6, 6.07) is 10.8. The third-order valence-electron chi connectivity index (χ3n) is 6.84. The Kier molecular flexibility index (Phi) is 8.53. The van der Waals surface area contributed by atoms with Crippen LogP contribution in [0.1, 0.15) is 24.8 Å². The van der Waals surface area contributed by atoms with Crippen LogP contribution in [0.2, 0.25) is 0 Å². The number of benzene rings is 1. The van der Waals surface area contributed by atoms with Crippen LogP contribution >= 0.6 is 11.8 Å². The number of carbonyl (C=O) groups is 4. The Morgan fingerprint density at radius 1 is 1.22 bits per heavy atom. The lowest BCUT2D eigenvalue weighted by Crippen LogP contribution is -2.40. The predicted molar refractivity (Wildman–Crippen MR) is 151 cm³/mol. The third kappa shape index (κ3) is 6.68. The lowest BCUT2D eigenvalue weighted by molar-refractivity contribution is -0.141. The molecule has 12 nitrogen and oxygen atoms in total. The molecule has 0 aliphatic carbocycles. The van der Waals surface area contributed by atoms with Gasteiger partial charge in [0.2, 0.25) is 17.7 Å². The monoisotopic (exact) mass is 579 g/mol. The lowest BCUT2D eigenvalue weighted by Gasteiger charge is -2.25. The third-order valence-corrected chi connectivity index (χ3v) is 7.91. The predicted octanol–water partition coefficient (Wildman–Crippen LogP) is 3.33. The number of hydrogen-bond donors (Lipinski definition) is 2. The summed E-state index contributed by atoms with van der Waals surface area (Å²) in [5.74, 6) is -0.669. The van der Waals surface area contributed by atoms with Gasteiger partial charge in [-0.15, -0.1) is 11.8 Å². The Labute approximate surface area is 240 Å². The minimum absolute atomic E-state index is 0.105. The topological polar surface area (TPSA) is 151 Å². The lowest BCUT2D eigenvalue weighted by atomic mass is 10.1. The summed E-state index contributed by atoms with van der Waals surface area (Å²) >= 11 is 1.43. The maximum atomic E-state index is 13.0. The Morgan fingerprint density at radius 3 is 2.88 bits per heavy atom. The molecule has 1 unspecified atom stereocenters. The quantitative estimate of drug-likeness (QED) is 0.346. The number of aryl methyl sites for hydroxylation is 1. The van der Waals surface area contributed by atoms with Crippen LogP contribution in [-0.4, -0.2) is 82.5 Å². The number of hydrogen-bond acceptors (Lipinski definition) is 9. The number of pyridine rings is 2. The molecule has 2 aliphatic rings. The van der Waals surface area contributed by atoms with E-state index in [0.717, 1.165) is 21.5 Å². The molecule has 4 heterocycles. The Bertz CT molecular complexity index is 1500. The summed E-state index contributed by atoms with van der Waals surface area (Å²) in [6.45, 7) is 0.671. The molecule has 214 valence electrons. The van der Waals surface area contributed by atoms with Crippen LogP contribution in [0, 0.1) is 0 Å². The van der Waals surface area contributed by atoms with Crippen LogP contribution in [0.25, 0.3) is 11.0 Å². The van der Waals surface area contributed by atoms with Crippen molar-refractivity contribution in [3.63, 3.8) is 0 Å². The summed E-state index contributed by atoms with van der Waals surface area (Å²) < 4.78 is 10.8. The molecule has 0 radical (unpaired) electrons. The number of aromatic nitrogens is 2. The average molecular weight is 580 g/mol. The van der Waals surface area contributed by atoms with Crippen LogP contribution in [0.3, 0.4) is 0 Å². The number of methoxy groups -OCH3 is 1. The van der Waals surface area contributed by atoms with Gasteiger partial charge in [0.15, 0.2) is 0 Å². The highest BCUT2D eigenvalue weighted by molar-refractivity contribution is 8.00. The van der Waals surface area contributed by atoms with E-state index in [0.29, 0.717) is 42.4 Å². The molecule has 3 aromatic rings. The van der Waals surface area contributed by atoms with Crippen molar-refractivity contribution in [2.75, 3.05) is 42.7 Å². The van der Waals surface area contributed by atoms with Crippen molar-refractivity contribution in [3.8, 4) is 5.88 Å². The Hall–Kier alpha value is -4.39. The van der Waals surface area contributed by atoms with Gasteiger partial charge in [-0.2, -0.15) is 0 Å². The van der Waals surface area contributed by atoms with Gasteiger partial charge in [0.05, 0.1) is 49.1 Å². The highest BCUT2D eigenvalue weighted by atomic mass is 32.2. The van der Waals surface area contributed by atoms with Gasteiger partial charge in [0, 0.05) is 35.8 Å². The molecule has 2 N–H and O–H groups in total. The first kappa shape index (κ1) is 28.1. The van der Waals surface area contributed by atoms with E-state index in [-0.39, 0.29) is 37.7 Å². The number of fused-ring (bicyclic) bond motifs is 2. The number of carboxylic acids is 1. The molecule has 2 aliphatic heterocycles. The molecule has 2 aromatic heterocycles. The van der Waals surface area contributed by atoms with Gasteiger partial charge in [-0.25, -0.2) is 9.78 Å². The van der Waals surface area contributed by atoms with Crippen LogP contribution in [0.5, 0.6) is 5.88 Å². The van der Waals surface area contributed by atoms with Gasteiger partial charge < -0.3 is 24.8 Å². The van der Waals surface area contributed by atoms with Gasteiger partial charge in [-0.05, 0) is 48.7 Å². The summed E-state index contributed by atoms with van der Waals surface area (Å²) in [5.41, 5.74) is 3.62. The van der Waals surface area contributed by atoms with E-state index in [4.69, 9.17) is 14.6 Å². The van der Waals surface area contributed by atoms with E-state index in [1.807, 2.05) is 18.2 Å². The van der Waals surface area contributed by atoms with E-state index < -0.39 is 18.2 Å². The zero-order valence-electron chi connectivity index (χ0n) is 22.4. The van der Waals surface area contributed by atoms with Crippen LogP contribution in [-0.2, 0) is 25.5 Å². The number of carboxylic acid groups (broad SMARTS) is 1. The molecule has 0 bridgehead atoms. The number of rotatable bonds is 11. The van der Waals surface area contributed by atoms with Crippen LogP contribution < -0.4 is 15.0 Å². The Balaban J connectivity index is 1.26. The molecular weight excluding hydrogens is 550 g/mol. The number of cyclic esters (lactones) is 1. The van der Waals surface area contributed by atoms with Crippen molar-refractivity contribution in [2.45, 2.75) is 36.7 Å². The first-order chi connectivity index (χ1) is 19.8. The molecule has 0 spiro atoms. The molecule has 5 rings (SSSR count). The molecule has 13 heteroatoms. The van der Waals surface area contributed by atoms with Crippen molar-refractivity contribution >= 4 is 58.0 Å². The second kappa shape index (κ2) is 12.4. The zero-order chi connectivity index (χ0) is 28.9. The van der Waals surface area contributed by atoms with Gasteiger partial charge in [-0.1, -0.05) is 0 Å². The van der Waals surface area contributed by atoms with Gasteiger partial charge in [0.1, 0.15) is 6.10 Å². The maximum absolute atomic E-state index is 13.0. The van der Waals surface area contributed by atoms with Crippen molar-refractivity contribution < 1.29 is 33.8 Å². The van der Waals surface area contributed by atoms with E-state index in [1.165, 1.54) is 16.7 Å². The van der Waals surface area contributed by atoms with Crippen LogP contribution in [0.4, 0.5) is 16.2 Å². The van der Waals surface area contributed by atoms with Crippen LogP contribution in [0.15, 0.2) is 47.5 Å². The highest BCUT2D eigenvalue weighted by Gasteiger charge is 2.35. The molecule has 0 saturated carbocycles. The van der Waals surface area contributed by atoms with Gasteiger partial charge >= 0.3 is 12.1 Å². The molecule has 41 heavy (non-hydrogen) atoms. The normalized spacial score (nSPS) is 16.2. The van der Waals surface area contributed by atoms with Crippen molar-refractivity contribution in [3.05, 3.63) is 48.2 Å². The van der Waals surface area contributed by atoms with Crippen molar-refractivity contribution in [1.29, 1.82) is 0 Å². The second-order valence-electron chi connectivity index (χ2n) is 9.66. The van der Waals surface area contributed by atoms with Gasteiger partial charge in [0.25, 0.3) is 0 Å². The van der Waals surface area contributed by atoms with E-state index in [9.17, 15) is 19.2 Å². The average Bonchev–Trinajstić information content (AvgIpc) is 3.34. The number of amides is 3. The first-order valence-corrected chi connectivity index (χ1v) is 14.1.